The third-order valence-corrected chi connectivity index (χ3v) is 4.25. The summed E-state index contributed by atoms with van der Waals surface area (Å²) in [6, 6.07) is 0. The van der Waals surface area contributed by atoms with Crippen molar-refractivity contribution in [2.45, 2.75) is 11.6 Å². The summed E-state index contributed by atoms with van der Waals surface area (Å²) in [6.45, 7) is 4.41. The molecule has 1 aromatic rings. The molecule has 0 radical (unpaired) electrons. The highest BCUT2D eigenvalue weighted by molar-refractivity contribution is 7.89. The van der Waals surface area contributed by atoms with Crippen molar-refractivity contribution in [1.29, 1.82) is 0 Å². The lowest BCUT2D eigenvalue weighted by Gasteiger charge is -2.19. The fourth-order valence-corrected chi connectivity index (χ4v) is 2.95. The molecule has 1 rings (SSSR count). The molecule has 0 unspecified atom stereocenters. The molecule has 102 valence electrons. The highest BCUT2D eigenvalue weighted by atomic mass is 32.2. The number of nitrogens with zero attached hydrogens (tertiary/aromatic N) is 2. The molecular formula is C10H18N4O3S. The Kier molecular flexibility index (Phi) is 5.48. The van der Waals surface area contributed by atoms with Crippen molar-refractivity contribution < 1.29 is 13.2 Å². The van der Waals surface area contributed by atoms with Gasteiger partial charge in [0.05, 0.1) is 12.8 Å². The van der Waals surface area contributed by atoms with Gasteiger partial charge in [-0.2, -0.15) is 9.40 Å². The number of H-pyrrole nitrogens is 1. The summed E-state index contributed by atoms with van der Waals surface area (Å²) in [5.41, 5.74) is 5.94. The second kappa shape index (κ2) is 6.64. The Labute approximate surface area is 107 Å². The van der Waals surface area contributed by atoms with Crippen LogP contribution in [-0.2, 0) is 21.3 Å². The molecule has 0 bridgehead atoms. The zero-order chi connectivity index (χ0) is 13.6. The zero-order valence-corrected chi connectivity index (χ0v) is 11.1. The molecule has 0 saturated carbocycles. The fourth-order valence-electron chi connectivity index (χ4n) is 1.44. The number of nitrogens with one attached hydrogen (secondary N) is 1. The maximum absolute atomic E-state index is 12.4. The maximum Gasteiger partial charge on any atom is 0.260 e. The van der Waals surface area contributed by atoms with E-state index >= 15 is 0 Å². The van der Waals surface area contributed by atoms with Gasteiger partial charge in [-0.3, -0.25) is 5.10 Å². The maximum atomic E-state index is 12.4. The fraction of sp³-hybridized carbons (Fsp3) is 0.500. The van der Waals surface area contributed by atoms with E-state index in [1.807, 2.05) is 0 Å². The molecule has 0 aliphatic carbocycles. The average molecular weight is 274 g/mol. The van der Waals surface area contributed by atoms with Crippen LogP contribution in [0, 0.1) is 0 Å². The van der Waals surface area contributed by atoms with Crippen LogP contribution in [-0.4, -0.2) is 49.7 Å². The lowest BCUT2D eigenvalue weighted by molar-refractivity contribution is 0.182. The molecule has 0 aliphatic heterocycles. The second-order valence-corrected chi connectivity index (χ2v) is 5.45. The predicted molar refractivity (Wildman–Crippen MR) is 67.3 cm³/mol. The number of aromatic amines is 1. The van der Waals surface area contributed by atoms with Gasteiger partial charge in [-0.1, -0.05) is 6.08 Å². The Bertz CT molecular complexity index is 483. The van der Waals surface area contributed by atoms with Crippen molar-refractivity contribution in [3.63, 3.8) is 0 Å². The van der Waals surface area contributed by atoms with E-state index in [0.29, 0.717) is 12.2 Å². The number of hydrogen-bond acceptors (Lipinski definition) is 5. The summed E-state index contributed by atoms with van der Waals surface area (Å²) < 4.78 is 30.9. The van der Waals surface area contributed by atoms with Gasteiger partial charge in [0.25, 0.3) is 10.0 Å². The van der Waals surface area contributed by atoms with E-state index in [0.717, 1.165) is 0 Å². The number of methoxy groups -OCH3 is 1. The predicted octanol–water partition coefficient (Wildman–Crippen LogP) is -0.308. The molecule has 3 N–H and O–H groups in total. The standard InChI is InChI=1S/C10H18N4O3S/c1-3-4-14(5-6-17-2)18(15,16)10-9(7-11)8-12-13-10/h3,8H,1,4-7,11H2,2H3,(H,12,13). The van der Waals surface area contributed by atoms with Gasteiger partial charge in [0.1, 0.15) is 0 Å². The molecule has 1 aromatic heterocycles. The minimum Gasteiger partial charge on any atom is -0.383 e. The first-order valence-corrected chi connectivity index (χ1v) is 6.84. The minimum absolute atomic E-state index is 0.0305. The summed E-state index contributed by atoms with van der Waals surface area (Å²) in [7, 11) is -2.14. The summed E-state index contributed by atoms with van der Waals surface area (Å²) in [6.07, 6.45) is 2.93. The molecule has 1 heterocycles. The van der Waals surface area contributed by atoms with Crippen LogP contribution in [0.3, 0.4) is 0 Å². The quantitative estimate of drug-likeness (QED) is 0.633. The zero-order valence-electron chi connectivity index (χ0n) is 10.3. The Morgan fingerprint density at radius 3 is 2.94 bits per heavy atom. The van der Waals surface area contributed by atoms with Crippen LogP contribution < -0.4 is 5.73 Å². The van der Waals surface area contributed by atoms with Crippen molar-refractivity contribution in [3.05, 3.63) is 24.4 Å². The second-order valence-electron chi connectivity index (χ2n) is 3.57. The number of aromatic nitrogens is 2. The summed E-state index contributed by atoms with van der Waals surface area (Å²) >= 11 is 0. The Hall–Kier alpha value is -1.22. The van der Waals surface area contributed by atoms with Crippen LogP contribution in [0.15, 0.2) is 23.9 Å². The van der Waals surface area contributed by atoms with Crippen LogP contribution in [0.25, 0.3) is 0 Å². The van der Waals surface area contributed by atoms with E-state index in [4.69, 9.17) is 10.5 Å². The van der Waals surface area contributed by atoms with Gasteiger partial charge in [0.15, 0.2) is 5.03 Å². The number of nitrogens with two attached hydrogens (primary N) is 1. The van der Waals surface area contributed by atoms with Crippen molar-refractivity contribution >= 4 is 10.0 Å². The van der Waals surface area contributed by atoms with Crippen molar-refractivity contribution in [1.82, 2.24) is 14.5 Å². The van der Waals surface area contributed by atoms with E-state index in [-0.39, 0.29) is 24.7 Å². The molecule has 0 spiro atoms. The first kappa shape index (κ1) is 14.8. The highest BCUT2D eigenvalue weighted by Crippen LogP contribution is 2.16. The lowest BCUT2D eigenvalue weighted by Crippen LogP contribution is -2.35. The Balaban J connectivity index is 3.04. The van der Waals surface area contributed by atoms with Gasteiger partial charge in [-0.25, -0.2) is 8.42 Å². The van der Waals surface area contributed by atoms with E-state index < -0.39 is 10.0 Å². The van der Waals surface area contributed by atoms with Crippen LogP contribution in [0.5, 0.6) is 0 Å². The van der Waals surface area contributed by atoms with Crippen molar-refractivity contribution in [2.24, 2.45) is 5.73 Å². The topological polar surface area (TPSA) is 101 Å². The van der Waals surface area contributed by atoms with Crippen molar-refractivity contribution in [3.8, 4) is 0 Å². The Morgan fingerprint density at radius 2 is 2.39 bits per heavy atom. The van der Waals surface area contributed by atoms with Gasteiger partial charge in [-0.15, -0.1) is 6.58 Å². The summed E-state index contributed by atoms with van der Waals surface area (Å²) in [5, 5.41) is 6.22. The van der Waals surface area contributed by atoms with Crippen LogP contribution in [0.4, 0.5) is 0 Å². The largest absolute Gasteiger partial charge is 0.383 e. The van der Waals surface area contributed by atoms with E-state index in [1.54, 1.807) is 0 Å². The molecule has 0 aliphatic rings. The van der Waals surface area contributed by atoms with Crippen LogP contribution >= 0.6 is 0 Å². The minimum atomic E-state index is -3.65. The third-order valence-electron chi connectivity index (χ3n) is 2.37. The normalized spacial score (nSPS) is 11.9. The third kappa shape index (κ3) is 3.16. The number of rotatable bonds is 8. The van der Waals surface area contributed by atoms with Gasteiger partial charge in [0, 0.05) is 32.3 Å². The van der Waals surface area contributed by atoms with Gasteiger partial charge in [-0.05, 0) is 0 Å². The number of hydrogen-bond donors (Lipinski definition) is 2. The van der Waals surface area contributed by atoms with E-state index in [1.165, 1.54) is 23.7 Å². The monoisotopic (exact) mass is 274 g/mol. The van der Waals surface area contributed by atoms with Gasteiger partial charge >= 0.3 is 0 Å². The molecular weight excluding hydrogens is 256 g/mol. The molecule has 0 fully saturated rings. The van der Waals surface area contributed by atoms with E-state index in [2.05, 4.69) is 16.8 Å². The highest BCUT2D eigenvalue weighted by Gasteiger charge is 2.27. The molecule has 0 atom stereocenters. The average Bonchev–Trinajstić information content (AvgIpc) is 2.83. The van der Waals surface area contributed by atoms with Gasteiger partial charge < -0.3 is 10.5 Å². The molecule has 8 heteroatoms. The van der Waals surface area contributed by atoms with Crippen molar-refractivity contribution in [2.75, 3.05) is 26.8 Å². The van der Waals surface area contributed by atoms with Crippen LogP contribution in [0.1, 0.15) is 5.56 Å². The smallest absolute Gasteiger partial charge is 0.260 e. The lowest BCUT2D eigenvalue weighted by atomic mass is 10.4. The van der Waals surface area contributed by atoms with Gasteiger partial charge in [0.2, 0.25) is 0 Å². The summed E-state index contributed by atoms with van der Waals surface area (Å²) in [5.74, 6) is 0. The van der Waals surface area contributed by atoms with E-state index in [9.17, 15) is 8.42 Å². The first-order chi connectivity index (χ1) is 8.57. The number of ether oxygens (including phenoxy) is 1. The molecule has 0 saturated heterocycles. The Morgan fingerprint density at radius 1 is 1.67 bits per heavy atom. The van der Waals surface area contributed by atoms with Crippen LogP contribution in [0.2, 0.25) is 0 Å². The molecule has 0 aromatic carbocycles. The molecule has 7 nitrogen and oxygen atoms in total. The summed E-state index contributed by atoms with van der Waals surface area (Å²) in [4.78, 5) is 0. The first-order valence-electron chi connectivity index (χ1n) is 5.40. The SMILES string of the molecule is C=CCN(CCOC)S(=O)(=O)c1[nH]ncc1CN. The number of sulfonamides is 1. The molecule has 0 amide bonds. The molecule has 18 heavy (non-hydrogen) atoms.